The fourth-order valence-corrected chi connectivity index (χ4v) is 7.31. The molecule has 4 heterocycles. The van der Waals surface area contributed by atoms with Gasteiger partial charge in [-0.2, -0.15) is 5.26 Å². The molecule has 0 saturated carbocycles. The Morgan fingerprint density at radius 2 is 1.07 bits per heavy atom. The summed E-state index contributed by atoms with van der Waals surface area (Å²) in [7, 11) is 0. The minimum atomic E-state index is 0.580. The van der Waals surface area contributed by atoms with Crippen molar-refractivity contribution in [2.24, 2.45) is 0 Å². The monoisotopic (exact) mass is 522 g/mol. The zero-order valence-electron chi connectivity index (χ0n) is 23.0. The summed E-state index contributed by atoms with van der Waals surface area (Å²) < 4.78 is 0. The number of benzene rings is 3. The number of hydrogen-bond acceptors (Lipinski definition) is 3. The van der Waals surface area contributed by atoms with Gasteiger partial charge in [0.2, 0.25) is 0 Å². The molecule has 7 rings (SSSR count). The lowest BCUT2D eigenvalue weighted by Crippen LogP contribution is -2.34. The van der Waals surface area contributed by atoms with Crippen LogP contribution in [0, 0.1) is 17.9 Å². The quantitative estimate of drug-likeness (QED) is 0.259. The molecule has 3 aromatic rings. The number of hydrogen-bond donors (Lipinski definition) is 0. The second kappa shape index (κ2) is 10.4. The molecular weight excluding hydrogens is 488 g/mol. The molecule has 0 fully saturated rings. The predicted molar refractivity (Wildman–Crippen MR) is 166 cm³/mol. The van der Waals surface area contributed by atoms with Gasteiger partial charge in [0.1, 0.15) is 0 Å². The van der Waals surface area contributed by atoms with E-state index in [0.717, 1.165) is 36.8 Å². The Labute approximate surface area is 237 Å². The molecule has 40 heavy (non-hydrogen) atoms. The van der Waals surface area contributed by atoms with Gasteiger partial charge in [-0.3, -0.25) is 0 Å². The van der Waals surface area contributed by atoms with E-state index in [1.165, 1.54) is 96.6 Å². The van der Waals surface area contributed by atoms with Crippen molar-refractivity contribution >= 4 is 41.4 Å². The summed E-state index contributed by atoms with van der Waals surface area (Å²) in [5.74, 6) is 0. The summed E-state index contributed by atoms with van der Waals surface area (Å²) in [5.41, 5.74) is 13.9. The third kappa shape index (κ3) is 4.48. The Morgan fingerprint density at radius 3 is 1.50 bits per heavy atom. The molecule has 0 aliphatic carbocycles. The highest BCUT2D eigenvalue weighted by Gasteiger charge is 2.25. The molecule has 0 aromatic heterocycles. The van der Waals surface area contributed by atoms with Crippen LogP contribution in [0.2, 0.25) is 0 Å². The summed E-state index contributed by atoms with van der Waals surface area (Å²) in [6, 6.07) is 15.4. The van der Waals surface area contributed by atoms with Gasteiger partial charge < -0.3 is 9.80 Å². The van der Waals surface area contributed by atoms with Gasteiger partial charge in [-0.15, -0.1) is 0 Å². The van der Waals surface area contributed by atoms with E-state index in [-0.39, 0.29) is 0 Å². The number of nitriles is 1. The molecule has 4 nitrogen and oxygen atoms in total. The summed E-state index contributed by atoms with van der Waals surface area (Å²) in [6.45, 7) is 12.6. The fraction of sp³-hybridized carbons (Fsp3) is 0.333. The van der Waals surface area contributed by atoms with Crippen LogP contribution in [0.5, 0.6) is 0 Å². The average Bonchev–Trinajstić information content (AvgIpc) is 2.99. The van der Waals surface area contributed by atoms with Crippen molar-refractivity contribution in [3.8, 4) is 6.07 Å². The number of aryl methyl sites for hydroxylation is 4. The molecule has 0 radical (unpaired) electrons. The van der Waals surface area contributed by atoms with Crippen molar-refractivity contribution in [2.45, 2.75) is 51.4 Å². The molecule has 4 heteroatoms. The number of anilines is 2. The van der Waals surface area contributed by atoms with Gasteiger partial charge >= 0.3 is 0 Å². The van der Waals surface area contributed by atoms with Crippen LogP contribution in [0.15, 0.2) is 36.4 Å². The van der Waals surface area contributed by atoms with Crippen LogP contribution in [0.25, 0.3) is 29.1 Å². The van der Waals surface area contributed by atoms with E-state index in [0.29, 0.717) is 11.3 Å². The van der Waals surface area contributed by atoms with Crippen LogP contribution in [0.3, 0.4) is 0 Å². The normalized spacial score (nSPS) is 17.4. The van der Waals surface area contributed by atoms with Gasteiger partial charge in [-0.25, -0.2) is 4.85 Å². The second-order valence-corrected chi connectivity index (χ2v) is 11.7. The molecule has 198 valence electrons. The molecule has 4 aliphatic heterocycles. The van der Waals surface area contributed by atoms with Crippen LogP contribution in [0.4, 0.5) is 17.1 Å². The molecule has 0 bridgehead atoms. The Balaban J connectivity index is 1.19. The first-order valence-corrected chi connectivity index (χ1v) is 14.8. The molecule has 0 amide bonds. The van der Waals surface area contributed by atoms with Crippen molar-refractivity contribution in [1.82, 2.24) is 0 Å². The van der Waals surface area contributed by atoms with Gasteiger partial charge in [-0.1, -0.05) is 24.3 Å². The van der Waals surface area contributed by atoms with Gasteiger partial charge in [0.25, 0.3) is 0 Å². The first-order chi connectivity index (χ1) is 19.7. The maximum Gasteiger partial charge on any atom is 0.194 e. The SMILES string of the molecule is [C-]#[N+]c1cc(C=Cc2cc3c4c(c2)CCCN4CCC3)c(C#N)cc1C=Cc1cc2c3c(c1)CCCN3CCC2. The van der Waals surface area contributed by atoms with Crippen LogP contribution in [0.1, 0.15) is 75.8 Å². The molecule has 4 aliphatic rings. The average molecular weight is 523 g/mol. The third-order valence-electron chi connectivity index (χ3n) is 9.06. The molecule has 0 atom stereocenters. The molecule has 0 unspecified atom stereocenters. The van der Waals surface area contributed by atoms with E-state index >= 15 is 0 Å². The van der Waals surface area contributed by atoms with Crippen LogP contribution in [-0.2, 0) is 25.7 Å². The Hall–Kier alpha value is -4.28. The summed E-state index contributed by atoms with van der Waals surface area (Å²) >= 11 is 0. The van der Waals surface area contributed by atoms with Gasteiger partial charge in [0.15, 0.2) is 5.69 Å². The zero-order chi connectivity index (χ0) is 27.1. The van der Waals surface area contributed by atoms with E-state index < -0.39 is 0 Å². The second-order valence-electron chi connectivity index (χ2n) is 11.7. The maximum atomic E-state index is 10.0. The Morgan fingerprint density at radius 1 is 0.625 bits per heavy atom. The van der Waals surface area contributed by atoms with Crippen molar-refractivity contribution in [3.63, 3.8) is 0 Å². The van der Waals surface area contributed by atoms with Gasteiger partial charge in [0.05, 0.1) is 18.2 Å². The zero-order valence-corrected chi connectivity index (χ0v) is 23.0. The van der Waals surface area contributed by atoms with Crippen molar-refractivity contribution in [2.75, 3.05) is 36.0 Å². The van der Waals surface area contributed by atoms with E-state index in [2.05, 4.69) is 57.1 Å². The molecule has 0 spiro atoms. The minimum absolute atomic E-state index is 0.580. The lowest BCUT2D eigenvalue weighted by Gasteiger charge is -2.37. The van der Waals surface area contributed by atoms with Crippen LogP contribution >= 0.6 is 0 Å². The van der Waals surface area contributed by atoms with E-state index in [4.69, 9.17) is 6.57 Å². The van der Waals surface area contributed by atoms with Gasteiger partial charge in [0, 0.05) is 37.6 Å². The molecule has 3 aromatic carbocycles. The Kier molecular flexibility index (Phi) is 6.41. The highest BCUT2D eigenvalue weighted by molar-refractivity contribution is 5.84. The summed E-state index contributed by atoms with van der Waals surface area (Å²) in [5, 5.41) is 10.0. The van der Waals surface area contributed by atoms with E-state index in [1.807, 2.05) is 24.3 Å². The van der Waals surface area contributed by atoms with Crippen molar-refractivity contribution in [3.05, 3.63) is 97.9 Å². The van der Waals surface area contributed by atoms with Crippen LogP contribution in [-0.4, -0.2) is 26.2 Å². The highest BCUT2D eigenvalue weighted by atomic mass is 15.1. The Bertz CT molecular complexity index is 1460. The minimum Gasteiger partial charge on any atom is -0.371 e. The summed E-state index contributed by atoms with van der Waals surface area (Å²) in [6.07, 6.45) is 17.7. The first-order valence-electron chi connectivity index (χ1n) is 14.8. The van der Waals surface area contributed by atoms with Crippen molar-refractivity contribution in [1.29, 1.82) is 5.26 Å². The number of rotatable bonds is 4. The first kappa shape index (κ1) is 24.7. The maximum absolute atomic E-state index is 10.0. The summed E-state index contributed by atoms with van der Waals surface area (Å²) in [4.78, 5) is 8.96. The highest BCUT2D eigenvalue weighted by Crippen LogP contribution is 2.38. The standard InChI is InChI=1S/C36H34N4/c1-38-34-23-27(12-10-25-18-29-6-2-14-39-15-3-7-30(19-25)35(29)39)33(24-37)22-28(34)13-11-26-20-31-8-4-16-40-17-5-9-32(21-26)36(31)40/h10-13,18-23H,2-9,14-17H2. The molecule has 0 saturated heterocycles. The number of nitrogens with zero attached hydrogens (tertiary/aromatic N) is 4. The van der Waals surface area contributed by atoms with E-state index in [9.17, 15) is 5.26 Å². The lowest BCUT2D eigenvalue weighted by atomic mass is 9.89. The smallest absolute Gasteiger partial charge is 0.194 e. The molecular formula is C36H34N4. The van der Waals surface area contributed by atoms with E-state index in [1.54, 1.807) is 0 Å². The largest absolute Gasteiger partial charge is 0.371 e. The van der Waals surface area contributed by atoms with Crippen molar-refractivity contribution < 1.29 is 0 Å². The molecule has 0 N–H and O–H groups in total. The third-order valence-corrected chi connectivity index (χ3v) is 9.06. The topological polar surface area (TPSA) is 34.6 Å². The predicted octanol–water partition coefficient (Wildman–Crippen LogP) is 7.85. The lowest BCUT2D eigenvalue weighted by molar-refractivity contribution is 0.634. The van der Waals surface area contributed by atoms with Crippen LogP contribution < -0.4 is 9.80 Å². The van der Waals surface area contributed by atoms with Gasteiger partial charge in [-0.05, 0) is 132 Å². The fourth-order valence-electron chi connectivity index (χ4n) is 7.31.